The Bertz CT molecular complexity index is 583. The molecular weight excluding hydrogens is 337 g/mol. The lowest BCUT2D eigenvalue weighted by Crippen LogP contribution is -2.40. The molecule has 0 unspecified atom stereocenters. The number of thiocarbonyl (C=S) groups is 1. The molecule has 1 heterocycles. The second-order valence-electron chi connectivity index (χ2n) is 3.66. The third-order valence-corrected chi connectivity index (χ3v) is 5.90. The average Bonchev–Trinajstić information content (AvgIpc) is 2.76. The van der Waals surface area contributed by atoms with Crippen LogP contribution in [0.3, 0.4) is 0 Å². The summed E-state index contributed by atoms with van der Waals surface area (Å²) < 4.78 is 61.2. The number of thiophene rings is 1. The van der Waals surface area contributed by atoms with Gasteiger partial charge < -0.3 is 10.8 Å². The third-order valence-electron chi connectivity index (χ3n) is 2.12. The minimum absolute atomic E-state index is 0.0408. The monoisotopic (exact) mass is 348 g/mol. The lowest BCUT2D eigenvalue weighted by Gasteiger charge is -2.21. The van der Waals surface area contributed by atoms with Gasteiger partial charge in [0.1, 0.15) is 15.7 Å². The van der Waals surface area contributed by atoms with Crippen molar-refractivity contribution in [1.29, 1.82) is 0 Å². The highest BCUT2D eigenvalue weighted by Gasteiger charge is 2.37. The Labute approximate surface area is 122 Å². The Balaban J connectivity index is 3.11. The van der Waals surface area contributed by atoms with Crippen LogP contribution in [0.4, 0.5) is 13.2 Å². The highest BCUT2D eigenvalue weighted by Crippen LogP contribution is 2.27. The average molecular weight is 348 g/mol. The summed E-state index contributed by atoms with van der Waals surface area (Å²) in [5, 5.41) is 8.73. The van der Waals surface area contributed by atoms with E-state index in [9.17, 15) is 21.6 Å². The molecule has 0 fully saturated rings. The number of hydrogen-bond donors (Lipinski definition) is 2. The van der Waals surface area contributed by atoms with Gasteiger partial charge in [-0.1, -0.05) is 12.2 Å². The van der Waals surface area contributed by atoms with Gasteiger partial charge in [-0.2, -0.15) is 17.5 Å². The summed E-state index contributed by atoms with van der Waals surface area (Å²) in [6, 6.07) is 2.46. The minimum atomic E-state index is -4.70. The first-order valence-electron chi connectivity index (χ1n) is 5.15. The van der Waals surface area contributed by atoms with Crippen molar-refractivity contribution >= 4 is 38.6 Å². The molecule has 0 bridgehead atoms. The number of aliphatic hydroxyl groups excluding tert-OH is 1. The summed E-state index contributed by atoms with van der Waals surface area (Å²) in [6.45, 7) is -3.04. The van der Waals surface area contributed by atoms with E-state index in [0.29, 0.717) is 11.3 Å². The zero-order valence-corrected chi connectivity index (χ0v) is 12.4. The summed E-state index contributed by atoms with van der Waals surface area (Å²) in [5.41, 5.74) is 5.32. The Kier molecular flexibility index (Phi) is 5.49. The standard InChI is InChI=1S/C9H11F3N2O3S3/c10-9(11,12)5-14(3-4-15)20(16,17)7-2-1-6(19-7)8(13)18/h1-2,15H,3-5H2,(H2,13,18). The summed E-state index contributed by atoms with van der Waals surface area (Å²) in [7, 11) is -4.35. The maximum absolute atomic E-state index is 12.4. The van der Waals surface area contributed by atoms with E-state index in [2.05, 4.69) is 12.2 Å². The van der Waals surface area contributed by atoms with E-state index in [1.54, 1.807) is 0 Å². The molecule has 20 heavy (non-hydrogen) atoms. The lowest BCUT2D eigenvalue weighted by atomic mass is 10.5. The number of nitrogens with two attached hydrogens (primary N) is 1. The summed E-state index contributed by atoms with van der Waals surface area (Å²) >= 11 is 5.35. The fourth-order valence-electron chi connectivity index (χ4n) is 1.31. The molecule has 1 rings (SSSR count). The van der Waals surface area contributed by atoms with Crippen LogP contribution in [0.25, 0.3) is 0 Å². The zero-order valence-electron chi connectivity index (χ0n) is 9.92. The quantitative estimate of drug-likeness (QED) is 0.747. The number of rotatable bonds is 6. The molecule has 11 heteroatoms. The van der Waals surface area contributed by atoms with Gasteiger partial charge in [-0.3, -0.25) is 0 Å². The van der Waals surface area contributed by atoms with Crippen molar-refractivity contribution in [1.82, 2.24) is 4.31 Å². The SMILES string of the molecule is NC(=S)c1ccc(S(=O)(=O)N(CCO)CC(F)(F)F)s1. The summed E-state index contributed by atoms with van der Waals surface area (Å²) in [4.78, 5) is 0.246. The molecule has 0 aliphatic heterocycles. The van der Waals surface area contributed by atoms with Crippen LogP contribution in [0.15, 0.2) is 16.3 Å². The molecule has 0 amide bonds. The van der Waals surface area contributed by atoms with Crippen molar-refractivity contribution in [3.63, 3.8) is 0 Å². The van der Waals surface area contributed by atoms with Crippen LogP contribution in [0, 0.1) is 0 Å². The molecule has 0 aromatic carbocycles. The number of aliphatic hydroxyl groups is 1. The Hall–Kier alpha value is -0.750. The van der Waals surface area contributed by atoms with Gasteiger partial charge in [0.25, 0.3) is 10.0 Å². The topological polar surface area (TPSA) is 83.6 Å². The predicted molar refractivity (Wildman–Crippen MR) is 72.1 cm³/mol. The molecule has 3 N–H and O–H groups in total. The Morgan fingerprint density at radius 3 is 2.45 bits per heavy atom. The van der Waals surface area contributed by atoms with Crippen molar-refractivity contribution in [3.8, 4) is 0 Å². The Morgan fingerprint density at radius 1 is 1.45 bits per heavy atom. The van der Waals surface area contributed by atoms with Crippen LogP contribution in [0.1, 0.15) is 4.88 Å². The van der Waals surface area contributed by atoms with Gasteiger partial charge in [-0.05, 0) is 12.1 Å². The number of nitrogens with zero attached hydrogens (tertiary/aromatic N) is 1. The van der Waals surface area contributed by atoms with Gasteiger partial charge in [-0.15, -0.1) is 11.3 Å². The van der Waals surface area contributed by atoms with Crippen LogP contribution in [-0.4, -0.2) is 48.7 Å². The van der Waals surface area contributed by atoms with E-state index in [4.69, 9.17) is 10.8 Å². The molecule has 0 saturated carbocycles. The second-order valence-corrected chi connectivity index (χ2v) is 7.35. The van der Waals surface area contributed by atoms with Crippen LogP contribution < -0.4 is 5.73 Å². The molecule has 0 spiro atoms. The molecule has 0 saturated heterocycles. The second kappa shape index (κ2) is 6.35. The highest BCUT2D eigenvalue weighted by atomic mass is 32.2. The summed E-state index contributed by atoms with van der Waals surface area (Å²) in [5.74, 6) is 0. The predicted octanol–water partition coefficient (Wildman–Crippen LogP) is 0.928. The molecule has 0 aliphatic carbocycles. The normalized spacial score (nSPS) is 12.8. The van der Waals surface area contributed by atoms with Crippen molar-refractivity contribution in [2.75, 3.05) is 19.7 Å². The van der Waals surface area contributed by atoms with Crippen molar-refractivity contribution in [2.45, 2.75) is 10.4 Å². The Morgan fingerprint density at radius 2 is 2.05 bits per heavy atom. The van der Waals surface area contributed by atoms with E-state index in [0.717, 1.165) is 6.07 Å². The van der Waals surface area contributed by atoms with Crippen molar-refractivity contribution < 1.29 is 26.7 Å². The number of hydrogen-bond acceptors (Lipinski definition) is 5. The van der Waals surface area contributed by atoms with E-state index in [1.807, 2.05) is 0 Å². The van der Waals surface area contributed by atoms with Crippen LogP contribution in [-0.2, 0) is 10.0 Å². The van der Waals surface area contributed by atoms with Crippen LogP contribution >= 0.6 is 23.6 Å². The maximum atomic E-state index is 12.4. The zero-order chi connectivity index (χ0) is 15.6. The van der Waals surface area contributed by atoms with Gasteiger partial charge in [0.05, 0.1) is 11.5 Å². The van der Waals surface area contributed by atoms with Crippen molar-refractivity contribution in [3.05, 3.63) is 17.0 Å². The van der Waals surface area contributed by atoms with Crippen molar-refractivity contribution in [2.24, 2.45) is 5.73 Å². The smallest absolute Gasteiger partial charge is 0.395 e. The lowest BCUT2D eigenvalue weighted by molar-refractivity contribution is -0.136. The van der Waals surface area contributed by atoms with Gasteiger partial charge in [0, 0.05) is 6.54 Å². The number of halogens is 3. The third kappa shape index (κ3) is 4.38. The van der Waals surface area contributed by atoms with E-state index >= 15 is 0 Å². The molecule has 1 aromatic heterocycles. The fraction of sp³-hybridized carbons (Fsp3) is 0.444. The number of alkyl halides is 3. The number of sulfonamides is 1. The van der Waals surface area contributed by atoms with Crippen LogP contribution in [0.5, 0.6) is 0 Å². The molecule has 1 aromatic rings. The highest BCUT2D eigenvalue weighted by molar-refractivity contribution is 7.91. The molecule has 5 nitrogen and oxygen atoms in total. The van der Waals surface area contributed by atoms with E-state index in [1.165, 1.54) is 6.07 Å². The van der Waals surface area contributed by atoms with E-state index < -0.39 is 35.9 Å². The van der Waals surface area contributed by atoms with Gasteiger partial charge in [0.15, 0.2) is 0 Å². The maximum Gasteiger partial charge on any atom is 0.402 e. The first-order valence-corrected chi connectivity index (χ1v) is 7.82. The largest absolute Gasteiger partial charge is 0.402 e. The van der Waals surface area contributed by atoms with Gasteiger partial charge in [0.2, 0.25) is 0 Å². The molecule has 114 valence electrons. The fourth-order valence-corrected chi connectivity index (χ4v) is 4.24. The molecule has 0 atom stereocenters. The first kappa shape index (κ1) is 17.3. The minimum Gasteiger partial charge on any atom is -0.395 e. The molecule has 0 aliphatic rings. The molecule has 0 radical (unpaired) electrons. The first-order chi connectivity index (χ1) is 9.08. The van der Waals surface area contributed by atoms with Crippen LogP contribution in [0.2, 0.25) is 0 Å². The van der Waals surface area contributed by atoms with Gasteiger partial charge in [-0.25, -0.2) is 8.42 Å². The van der Waals surface area contributed by atoms with E-state index in [-0.39, 0.29) is 18.4 Å². The molecular formula is C9H11F3N2O3S3. The summed E-state index contributed by atoms with van der Waals surface area (Å²) in [6.07, 6.45) is -4.70. The van der Waals surface area contributed by atoms with Gasteiger partial charge >= 0.3 is 6.18 Å².